The molecule has 4 aromatic rings. The summed E-state index contributed by atoms with van der Waals surface area (Å²) < 4.78 is 1.81. The molecule has 0 unspecified atom stereocenters. The van der Waals surface area contributed by atoms with Crippen molar-refractivity contribution in [3.8, 4) is 11.1 Å². The van der Waals surface area contributed by atoms with Crippen molar-refractivity contribution < 1.29 is 0 Å². The van der Waals surface area contributed by atoms with E-state index in [1.54, 1.807) is 11.3 Å². The number of hydrogen-bond acceptors (Lipinski definition) is 4. The summed E-state index contributed by atoms with van der Waals surface area (Å²) in [5.41, 5.74) is 5.06. The SMILES string of the molecule is Cc1cc(-c2cnn3cc(Nc4ccccc4)cnc23)cs1. The summed E-state index contributed by atoms with van der Waals surface area (Å²) in [5, 5.41) is 9.90. The standard InChI is InChI=1S/C17H14N4S/c1-12-7-13(11-22-12)16-9-19-21-10-15(8-18-17(16)21)20-14-5-3-2-4-6-14/h2-11,20H,1H3. The Bertz CT molecular complexity index is 924. The van der Waals surface area contributed by atoms with Gasteiger partial charge in [0.1, 0.15) is 0 Å². The minimum atomic E-state index is 0.872. The lowest BCUT2D eigenvalue weighted by Gasteiger charge is -2.06. The Morgan fingerprint density at radius 3 is 2.73 bits per heavy atom. The second kappa shape index (κ2) is 5.27. The molecule has 22 heavy (non-hydrogen) atoms. The number of anilines is 2. The van der Waals surface area contributed by atoms with Crippen molar-refractivity contribution in [3.05, 3.63) is 65.2 Å². The molecule has 1 N–H and O–H groups in total. The van der Waals surface area contributed by atoms with Gasteiger partial charge in [-0.05, 0) is 36.1 Å². The van der Waals surface area contributed by atoms with E-state index in [0.717, 1.165) is 22.6 Å². The maximum atomic E-state index is 4.57. The van der Waals surface area contributed by atoms with Gasteiger partial charge < -0.3 is 5.32 Å². The largest absolute Gasteiger partial charge is 0.353 e. The molecule has 0 aliphatic carbocycles. The fraction of sp³-hybridized carbons (Fsp3) is 0.0588. The van der Waals surface area contributed by atoms with Crippen molar-refractivity contribution in [1.29, 1.82) is 0 Å². The summed E-state index contributed by atoms with van der Waals surface area (Å²) in [4.78, 5) is 5.85. The van der Waals surface area contributed by atoms with E-state index in [2.05, 4.69) is 33.8 Å². The highest BCUT2D eigenvalue weighted by Crippen LogP contribution is 2.28. The Balaban J connectivity index is 1.71. The van der Waals surface area contributed by atoms with E-state index in [9.17, 15) is 0 Å². The van der Waals surface area contributed by atoms with Gasteiger partial charge in [0.2, 0.25) is 0 Å². The second-order valence-corrected chi connectivity index (χ2v) is 6.22. The molecule has 0 radical (unpaired) electrons. The number of hydrogen-bond donors (Lipinski definition) is 1. The number of nitrogens with zero attached hydrogens (tertiary/aromatic N) is 3. The number of benzene rings is 1. The monoisotopic (exact) mass is 306 g/mol. The predicted molar refractivity (Wildman–Crippen MR) is 90.8 cm³/mol. The van der Waals surface area contributed by atoms with Gasteiger partial charge in [0.15, 0.2) is 5.65 Å². The van der Waals surface area contributed by atoms with Crippen LogP contribution in [0.3, 0.4) is 0 Å². The zero-order valence-corrected chi connectivity index (χ0v) is 12.8. The Labute approximate surface area is 132 Å². The van der Waals surface area contributed by atoms with Gasteiger partial charge in [-0.25, -0.2) is 9.50 Å². The van der Waals surface area contributed by atoms with E-state index >= 15 is 0 Å². The molecule has 5 heteroatoms. The van der Waals surface area contributed by atoms with Gasteiger partial charge in [-0.3, -0.25) is 0 Å². The van der Waals surface area contributed by atoms with Crippen LogP contribution in [-0.2, 0) is 0 Å². The third-order valence-electron chi connectivity index (χ3n) is 3.46. The summed E-state index contributed by atoms with van der Waals surface area (Å²) in [5.74, 6) is 0. The number of fused-ring (bicyclic) bond motifs is 1. The van der Waals surface area contributed by atoms with Crippen LogP contribution in [0.25, 0.3) is 16.8 Å². The van der Waals surface area contributed by atoms with E-state index in [4.69, 9.17) is 0 Å². The van der Waals surface area contributed by atoms with E-state index < -0.39 is 0 Å². The summed E-state index contributed by atoms with van der Waals surface area (Å²) in [6.07, 6.45) is 5.67. The molecule has 3 aromatic heterocycles. The zero-order chi connectivity index (χ0) is 14.9. The molecular formula is C17H14N4S. The number of para-hydroxylation sites is 1. The number of nitrogens with one attached hydrogen (secondary N) is 1. The minimum Gasteiger partial charge on any atom is -0.353 e. The number of thiophene rings is 1. The van der Waals surface area contributed by atoms with Crippen LogP contribution in [0.2, 0.25) is 0 Å². The highest BCUT2D eigenvalue weighted by Gasteiger charge is 2.09. The average Bonchev–Trinajstić information content (AvgIpc) is 3.14. The van der Waals surface area contributed by atoms with Crippen molar-refractivity contribution in [3.63, 3.8) is 0 Å². The van der Waals surface area contributed by atoms with Gasteiger partial charge in [-0.1, -0.05) is 18.2 Å². The number of aromatic nitrogens is 3. The van der Waals surface area contributed by atoms with E-state index in [-0.39, 0.29) is 0 Å². The van der Waals surface area contributed by atoms with Crippen LogP contribution in [0.1, 0.15) is 4.88 Å². The highest BCUT2D eigenvalue weighted by atomic mass is 32.1. The first kappa shape index (κ1) is 13.0. The lowest BCUT2D eigenvalue weighted by atomic mass is 10.2. The maximum absolute atomic E-state index is 4.57. The van der Waals surface area contributed by atoms with Crippen LogP contribution in [0, 0.1) is 6.92 Å². The Morgan fingerprint density at radius 1 is 1.09 bits per heavy atom. The molecule has 3 heterocycles. The Morgan fingerprint density at radius 2 is 1.95 bits per heavy atom. The molecule has 1 aromatic carbocycles. The zero-order valence-electron chi connectivity index (χ0n) is 12.0. The third kappa shape index (κ3) is 2.35. The molecule has 0 atom stereocenters. The first-order valence-electron chi connectivity index (χ1n) is 7.00. The predicted octanol–water partition coefficient (Wildman–Crippen LogP) is 4.51. The molecule has 0 saturated carbocycles. The van der Waals surface area contributed by atoms with Crippen molar-refractivity contribution in [1.82, 2.24) is 14.6 Å². The molecule has 0 bridgehead atoms. The van der Waals surface area contributed by atoms with Crippen LogP contribution < -0.4 is 5.32 Å². The minimum absolute atomic E-state index is 0.872. The van der Waals surface area contributed by atoms with Gasteiger partial charge in [0.05, 0.1) is 24.3 Å². The molecule has 0 amide bonds. The smallest absolute Gasteiger partial charge is 0.162 e. The molecule has 108 valence electrons. The fourth-order valence-corrected chi connectivity index (χ4v) is 3.12. The number of rotatable bonds is 3. The van der Waals surface area contributed by atoms with Crippen LogP contribution in [0.5, 0.6) is 0 Å². The topological polar surface area (TPSA) is 42.2 Å². The summed E-state index contributed by atoms with van der Waals surface area (Å²) in [6.45, 7) is 2.11. The third-order valence-corrected chi connectivity index (χ3v) is 4.32. The van der Waals surface area contributed by atoms with Crippen LogP contribution >= 0.6 is 11.3 Å². The summed E-state index contributed by atoms with van der Waals surface area (Å²) >= 11 is 1.74. The lowest BCUT2D eigenvalue weighted by molar-refractivity contribution is 0.941. The van der Waals surface area contributed by atoms with Gasteiger partial charge in [-0.2, -0.15) is 5.10 Å². The van der Waals surface area contributed by atoms with Crippen molar-refractivity contribution >= 4 is 28.4 Å². The number of aryl methyl sites for hydroxylation is 1. The van der Waals surface area contributed by atoms with E-state index in [1.807, 2.05) is 53.4 Å². The molecule has 0 spiro atoms. The van der Waals surface area contributed by atoms with Gasteiger partial charge in [0.25, 0.3) is 0 Å². The fourth-order valence-electron chi connectivity index (χ4n) is 2.42. The summed E-state index contributed by atoms with van der Waals surface area (Å²) in [6, 6.07) is 12.2. The van der Waals surface area contributed by atoms with Crippen LogP contribution in [0.15, 0.2) is 60.4 Å². The van der Waals surface area contributed by atoms with Gasteiger partial charge in [-0.15, -0.1) is 11.3 Å². The molecular weight excluding hydrogens is 292 g/mol. The van der Waals surface area contributed by atoms with Crippen LogP contribution in [-0.4, -0.2) is 14.6 Å². The molecule has 0 fully saturated rings. The maximum Gasteiger partial charge on any atom is 0.162 e. The molecule has 0 aliphatic heterocycles. The van der Waals surface area contributed by atoms with Crippen molar-refractivity contribution in [2.24, 2.45) is 0 Å². The van der Waals surface area contributed by atoms with E-state index in [1.165, 1.54) is 10.4 Å². The molecule has 0 aliphatic rings. The summed E-state index contributed by atoms with van der Waals surface area (Å²) in [7, 11) is 0. The Kier molecular flexibility index (Phi) is 3.12. The molecule has 0 saturated heterocycles. The molecule has 4 nitrogen and oxygen atoms in total. The lowest BCUT2D eigenvalue weighted by Crippen LogP contribution is -1.96. The van der Waals surface area contributed by atoms with Gasteiger partial charge >= 0.3 is 0 Å². The highest BCUT2D eigenvalue weighted by molar-refractivity contribution is 7.10. The Hall–Kier alpha value is -2.66. The average molecular weight is 306 g/mol. The normalized spacial score (nSPS) is 11.0. The van der Waals surface area contributed by atoms with Crippen LogP contribution in [0.4, 0.5) is 11.4 Å². The first-order chi connectivity index (χ1) is 10.8. The van der Waals surface area contributed by atoms with Gasteiger partial charge in [0, 0.05) is 16.1 Å². The quantitative estimate of drug-likeness (QED) is 0.605. The van der Waals surface area contributed by atoms with Crippen molar-refractivity contribution in [2.45, 2.75) is 6.92 Å². The van der Waals surface area contributed by atoms with Crippen molar-refractivity contribution in [2.75, 3.05) is 5.32 Å². The molecule has 4 rings (SSSR count). The second-order valence-electron chi connectivity index (χ2n) is 5.11. The first-order valence-corrected chi connectivity index (χ1v) is 7.88. The van der Waals surface area contributed by atoms with E-state index in [0.29, 0.717) is 0 Å².